The molecule has 0 atom stereocenters. The minimum atomic E-state index is -1.01. The minimum absolute atomic E-state index is 0.0104. The molecule has 9 heteroatoms. The molecule has 8 nitrogen and oxygen atoms in total. The molecule has 0 aliphatic heterocycles. The second-order valence-corrected chi connectivity index (χ2v) is 10.0. The molecule has 4 rings (SSSR count). The number of carbonyl (C=O) groups excluding carboxylic acids is 2. The minimum Gasteiger partial charge on any atom is -0.493 e. The van der Waals surface area contributed by atoms with Gasteiger partial charge in [0.2, 0.25) is 0 Å². The van der Waals surface area contributed by atoms with Crippen molar-refractivity contribution < 1.29 is 33.4 Å². The Kier molecular flexibility index (Phi) is 11.1. The van der Waals surface area contributed by atoms with Crippen molar-refractivity contribution in [3.8, 4) is 22.6 Å². The van der Waals surface area contributed by atoms with Crippen LogP contribution in [-0.4, -0.2) is 54.6 Å². The van der Waals surface area contributed by atoms with Gasteiger partial charge in [0, 0.05) is 30.8 Å². The van der Waals surface area contributed by atoms with E-state index in [1.54, 1.807) is 67.8 Å². The van der Waals surface area contributed by atoms with Crippen LogP contribution in [0, 0.1) is 5.82 Å². The fourth-order valence-corrected chi connectivity index (χ4v) is 4.82. The number of benzene rings is 4. The second-order valence-electron chi connectivity index (χ2n) is 10.0. The van der Waals surface area contributed by atoms with Crippen LogP contribution in [0.4, 0.5) is 4.39 Å². The molecule has 2 amide bonds. The summed E-state index contributed by atoms with van der Waals surface area (Å²) in [6.07, 6.45) is 0.238. The van der Waals surface area contributed by atoms with E-state index in [-0.39, 0.29) is 43.7 Å². The first kappa shape index (κ1) is 31.7. The van der Waals surface area contributed by atoms with E-state index in [1.165, 1.54) is 17.0 Å². The molecule has 0 aliphatic carbocycles. The third-order valence-electron chi connectivity index (χ3n) is 7.07. The molecule has 0 bridgehead atoms. The molecule has 4 aromatic carbocycles. The zero-order valence-corrected chi connectivity index (χ0v) is 24.7. The van der Waals surface area contributed by atoms with Gasteiger partial charge in [-0.1, -0.05) is 54.6 Å². The van der Waals surface area contributed by atoms with Crippen molar-refractivity contribution in [1.29, 1.82) is 0 Å². The molecule has 0 saturated heterocycles. The number of carboxylic acid groups (broad SMARTS) is 1. The summed E-state index contributed by atoms with van der Waals surface area (Å²) < 4.78 is 24.3. The number of hydrogen-bond acceptors (Lipinski definition) is 5. The summed E-state index contributed by atoms with van der Waals surface area (Å²) in [5.74, 6) is -0.870. The molecule has 0 fully saturated rings. The summed E-state index contributed by atoms with van der Waals surface area (Å²) in [7, 11) is 1.56. The van der Waals surface area contributed by atoms with Crippen LogP contribution in [-0.2, 0) is 17.8 Å². The van der Waals surface area contributed by atoms with Crippen LogP contribution < -0.4 is 14.8 Å². The summed E-state index contributed by atoms with van der Waals surface area (Å²) >= 11 is 0. The number of amides is 2. The van der Waals surface area contributed by atoms with Gasteiger partial charge in [-0.25, -0.2) is 4.39 Å². The highest BCUT2D eigenvalue weighted by Crippen LogP contribution is 2.30. The normalized spacial score (nSPS) is 10.6. The lowest BCUT2D eigenvalue weighted by Crippen LogP contribution is -2.35. The van der Waals surface area contributed by atoms with E-state index in [4.69, 9.17) is 9.47 Å². The first-order valence-corrected chi connectivity index (χ1v) is 14.3. The number of rotatable bonds is 14. The van der Waals surface area contributed by atoms with E-state index in [0.717, 1.165) is 11.1 Å². The van der Waals surface area contributed by atoms with Crippen molar-refractivity contribution in [2.24, 2.45) is 0 Å². The summed E-state index contributed by atoms with van der Waals surface area (Å²) in [5, 5.41) is 12.3. The van der Waals surface area contributed by atoms with E-state index < -0.39 is 5.97 Å². The molecule has 0 aliphatic rings. The molecule has 0 unspecified atom stereocenters. The van der Waals surface area contributed by atoms with Gasteiger partial charge in [0.05, 0.1) is 20.1 Å². The van der Waals surface area contributed by atoms with E-state index in [2.05, 4.69) is 5.32 Å². The Labute approximate surface area is 256 Å². The van der Waals surface area contributed by atoms with E-state index in [9.17, 15) is 23.9 Å². The van der Waals surface area contributed by atoms with Crippen molar-refractivity contribution in [1.82, 2.24) is 10.2 Å². The van der Waals surface area contributed by atoms with Gasteiger partial charge in [-0.2, -0.15) is 0 Å². The average Bonchev–Trinajstić information content (AvgIpc) is 3.04. The number of methoxy groups -OCH3 is 1. The largest absolute Gasteiger partial charge is 0.493 e. The van der Waals surface area contributed by atoms with E-state index >= 15 is 0 Å². The number of hydrogen-bond donors (Lipinski definition) is 2. The van der Waals surface area contributed by atoms with Crippen molar-refractivity contribution in [2.45, 2.75) is 26.3 Å². The first-order valence-electron chi connectivity index (χ1n) is 14.3. The maximum atomic E-state index is 14.0. The Balaban J connectivity index is 1.59. The zero-order chi connectivity index (χ0) is 31.5. The number of ether oxygens (including phenoxy) is 2. The smallest absolute Gasteiger partial charge is 0.305 e. The molecule has 44 heavy (non-hydrogen) atoms. The molecule has 228 valence electrons. The van der Waals surface area contributed by atoms with Gasteiger partial charge in [0.15, 0.2) is 11.5 Å². The third kappa shape index (κ3) is 8.22. The van der Waals surface area contributed by atoms with Gasteiger partial charge >= 0.3 is 5.97 Å². The quantitative estimate of drug-likeness (QED) is 0.185. The highest BCUT2D eigenvalue weighted by atomic mass is 19.1. The lowest BCUT2D eigenvalue weighted by Gasteiger charge is -2.24. The predicted octanol–water partition coefficient (Wildman–Crippen LogP) is 5.99. The molecule has 0 aromatic heterocycles. The number of carboxylic acids is 1. The fraction of sp³-hybridized carbons (Fsp3) is 0.229. The molecule has 2 N–H and O–H groups in total. The van der Waals surface area contributed by atoms with Crippen LogP contribution in [0.5, 0.6) is 11.5 Å². The molecule has 0 heterocycles. The SMILES string of the molecule is CCOc1ccc(CCN(CCC(=O)O)C(=O)c2ccccc2-c2ccccc2C(=O)NCc2ccc(F)cc2)cc1OC. The fourth-order valence-electron chi connectivity index (χ4n) is 4.82. The maximum absolute atomic E-state index is 14.0. The summed E-state index contributed by atoms with van der Waals surface area (Å²) in [6.45, 7) is 2.85. The third-order valence-corrected chi connectivity index (χ3v) is 7.07. The molecular formula is C35H35FN2O6. The number of nitrogens with one attached hydrogen (secondary N) is 1. The van der Waals surface area contributed by atoms with Crippen LogP contribution in [0.1, 0.15) is 45.2 Å². The zero-order valence-electron chi connectivity index (χ0n) is 24.7. The topological polar surface area (TPSA) is 105 Å². The van der Waals surface area contributed by atoms with Gasteiger partial charge in [0.25, 0.3) is 11.8 Å². The van der Waals surface area contributed by atoms with Gasteiger partial charge < -0.3 is 24.8 Å². The highest BCUT2D eigenvalue weighted by Gasteiger charge is 2.23. The van der Waals surface area contributed by atoms with E-state index in [0.29, 0.717) is 46.8 Å². The van der Waals surface area contributed by atoms with Gasteiger partial charge in [0.1, 0.15) is 5.82 Å². The summed E-state index contributed by atoms with van der Waals surface area (Å²) in [6, 6.07) is 25.4. The second kappa shape index (κ2) is 15.3. The predicted molar refractivity (Wildman–Crippen MR) is 165 cm³/mol. The number of carbonyl (C=O) groups is 3. The molecule has 0 radical (unpaired) electrons. The average molecular weight is 599 g/mol. The lowest BCUT2D eigenvalue weighted by atomic mass is 9.94. The van der Waals surface area contributed by atoms with Crippen LogP contribution in [0.15, 0.2) is 91.0 Å². The van der Waals surface area contributed by atoms with Crippen molar-refractivity contribution in [2.75, 3.05) is 26.8 Å². The molecule has 0 spiro atoms. The standard InChI is InChI=1S/C35H35FN2O6/c1-3-44-31-17-14-24(22-32(31)43-2)18-20-38(21-19-33(39)40)35(42)30-11-7-5-9-28(30)27-8-4-6-10-29(27)34(41)37-23-25-12-15-26(36)16-13-25/h4-17,22H,3,18-21,23H2,1-2H3,(H,37,41)(H,39,40). The molecule has 0 saturated carbocycles. The monoisotopic (exact) mass is 598 g/mol. The first-order chi connectivity index (χ1) is 21.3. The van der Waals surface area contributed by atoms with Gasteiger partial charge in [-0.15, -0.1) is 0 Å². The Bertz CT molecular complexity index is 1610. The van der Waals surface area contributed by atoms with Crippen LogP contribution in [0.3, 0.4) is 0 Å². The maximum Gasteiger partial charge on any atom is 0.305 e. The molecule has 4 aromatic rings. The Morgan fingerprint density at radius 3 is 2.11 bits per heavy atom. The molecular weight excluding hydrogens is 563 g/mol. The van der Waals surface area contributed by atoms with Crippen LogP contribution in [0.25, 0.3) is 11.1 Å². The lowest BCUT2D eigenvalue weighted by molar-refractivity contribution is -0.137. The Morgan fingerprint density at radius 2 is 1.45 bits per heavy atom. The van der Waals surface area contributed by atoms with Crippen LogP contribution in [0.2, 0.25) is 0 Å². The number of halogens is 1. The Morgan fingerprint density at radius 1 is 0.818 bits per heavy atom. The summed E-state index contributed by atoms with van der Waals surface area (Å²) in [5.41, 5.74) is 3.46. The number of nitrogens with zero attached hydrogens (tertiary/aromatic N) is 1. The van der Waals surface area contributed by atoms with Gasteiger partial charge in [-0.3, -0.25) is 14.4 Å². The van der Waals surface area contributed by atoms with Crippen molar-refractivity contribution >= 4 is 17.8 Å². The van der Waals surface area contributed by atoms with Crippen LogP contribution >= 0.6 is 0 Å². The van der Waals surface area contributed by atoms with Crippen molar-refractivity contribution in [3.05, 3.63) is 119 Å². The van der Waals surface area contributed by atoms with Gasteiger partial charge in [-0.05, 0) is 72.0 Å². The van der Waals surface area contributed by atoms with E-state index in [1.807, 2.05) is 25.1 Å². The Hall–Kier alpha value is -5.18. The van der Waals surface area contributed by atoms with Crippen molar-refractivity contribution in [3.63, 3.8) is 0 Å². The number of aliphatic carboxylic acids is 1. The summed E-state index contributed by atoms with van der Waals surface area (Å²) in [4.78, 5) is 40.3. The highest BCUT2D eigenvalue weighted by molar-refractivity contribution is 6.06.